The topological polar surface area (TPSA) is 63.6 Å². The lowest BCUT2D eigenvalue weighted by Gasteiger charge is -2.06. The third-order valence-corrected chi connectivity index (χ3v) is 3.60. The summed E-state index contributed by atoms with van der Waals surface area (Å²) in [6.07, 6.45) is 3.17. The van der Waals surface area contributed by atoms with Crippen molar-refractivity contribution in [1.29, 1.82) is 0 Å². The van der Waals surface area contributed by atoms with Crippen LogP contribution in [0.4, 0.5) is 0 Å². The van der Waals surface area contributed by atoms with E-state index in [4.69, 9.17) is 4.74 Å². The van der Waals surface area contributed by atoms with E-state index >= 15 is 0 Å². The molecule has 0 aliphatic heterocycles. The summed E-state index contributed by atoms with van der Waals surface area (Å²) in [5.74, 6) is 0.518. The number of amides is 1. The van der Waals surface area contributed by atoms with E-state index in [9.17, 15) is 4.79 Å². The van der Waals surface area contributed by atoms with E-state index in [1.807, 2.05) is 54.6 Å². The first kappa shape index (κ1) is 16.4. The van der Waals surface area contributed by atoms with Crippen LogP contribution in [0.5, 0.6) is 5.75 Å². The molecule has 3 aromatic rings. The number of carbonyl (C=O) groups is 1. The summed E-state index contributed by atoms with van der Waals surface area (Å²) in [5.41, 5.74) is 5.68. The van der Waals surface area contributed by atoms with E-state index in [-0.39, 0.29) is 5.91 Å². The first-order chi connectivity index (χ1) is 12.3. The fraction of sp³-hybridized carbons (Fsp3) is 0.0500. The molecule has 5 nitrogen and oxygen atoms in total. The van der Waals surface area contributed by atoms with Gasteiger partial charge in [-0.2, -0.15) is 5.10 Å². The summed E-state index contributed by atoms with van der Waals surface area (Å²) in [6.45, 7) is 0. The van der Waals surface area contributed by atoms with Crippen molar-refractivity contribution in [2.45, 2.75) is 0 Å². The minimum Gasteiger partial charge on any atom is -0.497 e. The number of aromatic nitrogens is 1. The van der Waals surface area contributed by atoms with Gasteiger partial charge in [0.05, 0.1) is 19.0 Å². The van der Waals surface area contributed by atoms with Crippen molar-refractivity contribution in [2.24, 2.45) is 5.10 Å². The molecule has 2 aromatic carbocycles. The van der Waals surface area contributed by atoms with Gasteiger partial charge < -0.3 is 4.74 Å². The Morgan fingerprint density at radius 2 is 1.88 bits per heavy atom. The highest BCUT2D eigenvalue weighted by Crippen LogP contribution is 2.23. The summed E-state index contributed by atoms with van der Waals surface area (Å²) in [6, 6.07) is 20.5. The molecular formula is C20H17N3O2. The summed E-state index contributed by atoms with van der Waals surface area (Å²) in [7, 11) is 1.63. The normalized spacial score (nSPS) is 10.6. The highest BCUT2D eigenvalue weighted by molar-refractivity contribution is 5.96. The lowest BCUT2D eigenvalue weighted by Crippen LogP contribution is -2.17. The number of carbonyl (C=O) groups excluding carboxylic acids is 1. The van der Waals surface area contributed by atoms with Gasteiger partial charge in [-0.3, -0.25) is 9.78 Å². The van der Waals surface area contributed by atoms with Crippen molar-refractivity contribution < 1.29 is 9.53 Å². The zero-order valence-corrected chi connectivity index (χ0v) is 13.7. The molecule has 0 radical (unpaired) electrons. The molecular weight excluding hydrogens is 314 g/mol. The van der Waals surface area contributed by atoms with Crippen LogP contribution in [0.2, 0.25) is 0 Å². The van der Waals surface area contributed by atoms with Gasteiger partial charge in [0, 0.05) is 11.8 Å². The second-order valence-electron chi connectivity index (χ2n) is 5.26. The van der Waals surface area contributed by atoms with Crippen LogP contribution in [0.1, 0.15) is 16.1 Å². The molecule has 1 heterocycles. The van der Waals surface area contributed by atoms with Gasteiger partial charge in [0.2, 0.25) is 0 Å². The van der Waals surface area contributed by atoms with E-state index in [1.165, 1.54) is 6.21 Å². The average Bonchev–Trinajstić information content (AvgIpc) is 2.69. The SMILES string of the molecule is COc1ccc(-c2cccc(C(=O)NN=Cc3ccccn3)c2)cc1. The number of methoxy groups -OCH3 is 1. The minimum absolute atomic E-state index is 0.275. The molecule has 0 saturated carbocycles. The molecule has 0 fully saturated rings. The lowest BCUT2D eigenvalue weighted by molar-refractivity contribution is 0.0955. The van der Waals surface area contributed by atoms with Crippen molar-refractivity contribution in [3.8, 4) is 16.9 Å². The van der Waals surface area contributed by atoms with Crippen LogP contribution >= 0.6 is 0 Å². The summed E-state index contributed by atoms with van der Waals surface area (Å²) in [5, 5.41) is 3.94. The molecule has 124 valence electrons. The third-order valence-electron chi connectivity index (χ3n) is 3.60. The Labute approximate surface area is 146 Å². The smallest absolute Gasteiger partial charge is 0.271 e. The number of hydrogen-bond acceptors (Lipinski definition) is 4. The molecule has 0 unspecified atom stereocenters. The van der Waals surface area contributed by atoms with Crippen LogP contribution < -0.4 is 10.2 Å². The Balaban J connectivity index is 1.72. The van der Waals surface area contributed by atoms with Gasteiger partial charge in [0.15, 0.2) is 0 Å². The summed E-state index contributed by atoms with van der Waals surface area (Å²) >= 11 is 0. The van der Waals surface area contributed by atoms with Crippen LogP contribution in [0, 0.1) is 0 Å². The first-order valence-corrected chi connectivity index (χ1v) is 7.75. The largest absolute Gasteiger partial charge is 0.497 e. The Morgan fingerprint density at radius 3 is 2.60 bits per heavy atom. The minimum atomic E-state index is -0.275. The van der Waals surface area contributed by atoms with Crippen molar-refractivity contribution >= 4 is 12.1 Å². The molecule has 0 bridgehead atoms. The number of hydrazone groups is 1. The molecule has 1 aromatic heterocycles. The molecule has 1 N–H and O–H groups in total. The van der Waals surface area contributed by atoms with Gasteiger partial charge in [-0.15, -0.1) is 0 Å². The highest BCUT2D eigenvalue weighted by atomic mass is 16.5. The van der Waals surface area contributed by atoms with Gasteiger partial charge in [0.1, 0.15) is 5.75 Å². The molecule has 5 heteroatoms. The van der Waals surface area contributed by atoms with Crippen LogP contribution in [0.3, 0.4) is 0 Å². The number of nitrogens with zero attached hydrogens (tertiary/aromatic N) is 2. The Bertz CT molecular complexity index is 875. The predicted octanol–water partition coefficient (Wildman–Crippen LogP) is 3.52. The molecule has 0 aliphatic carbocycles. The number of pyridine rings is 1. The van der Waals surface area contributed by atoms with Crippen molar-refractivity contribution in [1.82, 2.24) is 10.4 Å². The van der Waals surface area contributed by atoms with E-state index in [1.54, 1.807) is 25.4 Å². The van der Waals surface area contributed by atoms with Gasteiger partial charge in [-0.05, 0) is 47.5 Å². The van der Waals surface area contributed by atoms with E-state index in [0.29, 0.717) is 11.3 Å². The standard InChI is InChI=1S/C20H17N3O2/c1-25-19-10-8-15(9-11-19)16-5-4-6-17(13-16)20(24)23-22-14-18-7-2-3-12-21-18/h2-14H,1H3,(H,23,24). The zero-order valence-electron chi connectivity index (χ0n) is 13.7. The quantitative estimate of drug-likeness (QED) is 0.575. The lowest BCUT2D eigenvalue weighted by atomic mass is 10.0. The van der Waals surface area contributed by atoms with Crippen molar-refractivity contribution in [3.05, 3.63) is 84.2 Å². The predicted molar refractivity (Wildman–Crippen MR) is 97.7 cm³/mol. The van der Waals surface area contributed by atoms with Gasteiger partial charge in [-0.25, -0.2) is 5.43 Å². The second kappa shape index (κ2) is 7.88. The fourth-order valence-electron chi connectivity index (χ4n) is 2.30. The number of benzene rings is 2. The van der Waals surface area contributed by atoms with Crippen LogP contribution in [-0.2, 0) is 0 Å². The van der Waals surface area contributed by atoms with Crippen LogP contribution in [0.25, 0.3) is 11.1 Å². The monoisotopic (exact) mass is 331 g/mol. The number of nitrogens with one attached hydrogen (secondary N) is 1. The number of ether oxygens (including phenoxy) is 1. The van der Waals surface area contributed by atoms with Gasteiger partial charge in [0.25, 0.3) is 5.91 Å². The second-order valence-corrected chi connectivity index (χ2v) is 5.26. The zero-order chi connectivity index (χ0) is 17.5. The van der Waals surface area contributed by atoms with Gasteiger partial charge >= 0.3 is 0 Å². The van der Waals surface area contributed by atoms with Crippen LogP contribution in [0.15, 0.2) is 78.0 Å². The molecule has 1 amide bonds. The maximum absolute atomic E-state index is 12.3. The molecule has 0 atom stereocenters. The average molecular weight is 331 g/mol. The number of rotatable bonds is 5. The maximum Gasteiger partial charge on any atom is 0.271 e. The number of hydrogen-bond donors (Lipinski definition) is 1. The van der Waals surface area contributed by atoms with Crippen molar-refractivity contribution in [2.75, 3.05) is 7.11 Å². The Morgan fingerprint density at radius 1 is 1.04 bits per heavy atom. The molecule has 0 spiro atoms. The first-order valence-electron chi connectivity index (χ1n) is 7.75. The highest BCUT2D eigenvalue weighted by Gasteiger charge is 2.06. The Kier molecular flexibility index (Phi) is 5.16. The maximum atomic E-state index is 12.3. The van der Waals surface area contributed by atoms with E-state index in [0.717, 1.165) is 16.9 Å². The van der Waals surface area contributed by atoms with E-state index < -0.39 is 0 Å². The molecule has 3 rings (SSSR count). The summed E-state index contributed by atoms with van der Waals surface area (Å²) < 4.78 is 5.16. The van der Waals surface area contributed by atoms with E-state index in [2.05, 4.69) is 15.5 Å². The molecule has 25 heavy (non-hydrogen) atoms. The third kappa shape index (κ3) is 4.29. The Hall–Kier alpha value is -3.47. The van der Waals surface area contributed by atoms with Crippen molar-refractivity contribution in [3.63, 3.8) is 0 Å². The van der Waals surface area contributed by atoms with Crippen LogP contribution in [-0.4, -0.2) is 24.2 Å². The summed E-state index contributed by atoms with van der Waals surface area (Å²) in [4.78, 5) is 16.4. The fourth-order valence-corrected chi connectivity index (χ4v) is 2.30. The molecule has 0 saturated heterocycles. The molecule has 0 aliphatic rings. The van der Waals surface area contributed by atoms with Gasteiger partial charge in [-0.1, -0.05) is 30.3 Å².